The van der Waals surface area contributed by atoms with Crippen molar-refractivity contribution in [3.05, 3.63) is 23.2 Å². The van der Waals surface area contributed by atoms with Gasteiger partial charge < -0.3 is 14.8 Å². The van der Waals surface area contributed by atoms with E-state index in [9.17, 15) is 4.79 Å². The Bertz CT molecular complexity index is 424. The van der Waals surface area contributed by atoms with Crippen LogP contribution in [0.2, 0.25) is 5.02 Å². The first-order chi connectivity index (χ1) is 9.67. The molecule has 0 spiro atoms. The summed E-state index contributed by atoms with van der Waals surface area (Å²) in [6, 6.07) is 5.61. The maximum Gasteiger partial charge on any atom is 0.305 e. The summed E-state index contributed by atoms with van der Waals surface area (Å²) < 4.78 is 10.0. The molecule has 0 aliphatic heterocycles. The molecule has 0 bridgehead atoms. The van der Waals surface area contributed by atoms with E-state index in [1.54, 1.807) is 7.11 Å². The lowest BCUT2D eigenvalue weighted by Crippen LogP contribution is -2.05. The lowest BCUT2D eigenvalue weighted by molar-refractivity contribution is -0.143. The highest BCUT2D eigenvalue weighted by atomic mass is 35.5. The molecular weight excluding hydrogens is 278 g/mol. The minimum atomic E-state index is -0.108. The van der Waals surface area contributed by atoms with Crippen LogP contribution in [0.1, 0.15) is 32.6 Å². The van der Waals surface area contributed by atoms with Crippen LogP contribution in [0.5, 0.6) is 5.75 Å². The third-order valence-electron chi connectivity index (χ3n) is 2.84. The summed E-state index contributed by atoms with van der Waals surface area (Å²) in [4.78, 5) is 11.1. The Balaban J connectivity index is 2.17. The molecule has 0 fully saturated rings. The van der Waals surface area contributed by atoms with Crippen molar-refractivity contribution in [2.75, 3.05) is 25.6 Å². The Morgan fingerprint density at radius 1 is 1.30 bits per heavy atom. The fraction of sp³-hybridized carbons (Fsp3) is 0.533. The molecule has 0 aliphatic rings. The highest BCUT2D eigenvalue weighted by Crippen LogP contribution is 2.27. The molecular formula is C15H22ClNO3. The van der Waals surface area contributed by atoms with Gasteiger partial charge in [0.05, 0.1) is 18.7 Å². The first kappa shape index (κ1) is 16.6. The van der Waals surface area contributed by atoms with E-state index in [-0.39, 0.29) is 5.97 Å². The molecule has 0 saturated carbocycles. The Morgan fingerprint density at radius 3 is 2.80 bits per heavy atom. The van der Waals surface area contributed by atoms with Crippen molar-refractivity contribution < 1.29 is 14.3 Å². The van der Waals surface area contributed by atoms with Gasteiger partial charge in [-0.15, -0.1) is 0 Å². The van der Waals surface area contributed by atoms with Gasteiger partial charge in [-0.25, -0.2) is 0 Å². The number of rotatable bonds is 9. The normalized spacial score (nSPS) is 10.2. The van der Waals surface area contributed by atoms with Crippen LogP contribution in [0.15, 0.2) is 18.2 Å². The maximum absolute atomic E-state index is 11.1. The molecule has 0 saturated heterocycles. The van der Waals surface area contributed by atoms with Crippen LogP contribution in [0.3, 0.4) is 0 Å². The van der Waals surface area contributed by atoms with Crippen molar-refractivity contribution in [1.82, 2.24) is 0 Å². The molecule has 0 aromatic heterocycles. The molecule has 1 rings (SSSR count). The number of halogens is 1. The zero-order chi connectivity index (χ0) is 14.8. The van der Waals surface area contributed by atoms with Crippen LogP contribution >= 0.6 is 11.6 Å². The number of anilines is 1. The summed E-state index contributed by atoms with van der Waals surface area (Å²) in [7, 11) is 1.60. The fourth-order valence-electron chi connectivity index (χ4n) is 1.81. The predicted molar refractivity (Wildman–Crippen MR) is 81.6 cm³/mol. The van der Waals surface area contributed by atoms with Gasteiger partial charge >= 0.3 is 5.97 Å². The predicted octanol–water partition coefficient (Wildman–Crippen LogP) is 3.88. The number of unbranched alkanes of at least 4 members (excludes halogenated alkanes) is 2. The summed E-state index contributed by atoms with van der Waals surface area (Å²) in [5.74, 6) is 0.557. The third-order valence-corrected chi connectivity index (χ3v) is 3.16. The topological polar surface area (TPSA) is 47.6 Å². The van der Waals surface area contributed by atoms with Crippen LogP contribution in [0.4, 0.5) is 5.69 Å². The molecule has 1 aromatic carbocycles. The van der Waals surface area contributed by atoms with E-state index in [1.165, 1.54) is 0 Å². The van der Waals surface area contributed by atoms with Crippen LogP contribution < -0.4 is 10.1 Å². The third kappa shape index (κ3) is 6.15. The van der Waals surface area contributed by atoms with Crippen LogP contribution in [-0.2, 0) is 9.53 Å². The number of carbonyl (C=O) groups is 1. The summed E-state index contributed by atoms with van der Waals surface area (Å²) in [6.45, 7) is 3.13. The number of methoxy groups -OCH3 is 1. The summed E-state index contributed by atoms with van der Waals surface area (Å²) in [6.07, 6.45) is 3.37. The summed E-state index contributed by atoms with van der Waals surface area (Å²) >= 11 is 5.96. The van der Waals surface area contributed by atoms with Gasteiger partial charge in [0, 0.05) is 24.7 Å². The molecule has 0 atom stereocenters. The standard InChI is InChI=1S/C15H22ClNO3/c1-3-20-15(18)7-5-4-6-10-17-12-8-9-13(16)14(11-12)19-2/h8-9,11,17H,3-7,10H2,1-2H3. The largest absolute Gasteiger partial charge is 0.495 e. The maximum atomic E-state index is 11.1. The van der Waals surface area contributed by atoms with Gasteiger partial charge in [-0.05, 0) is 31.9 Å². The highest BCUT2D eigenvalue weighted by Gasteiger charge is 2.02. The molecule has 0 heterocycles. The summed E-state index contributed by atoms with van der Waals surface area (Å²) in [5.41, 5.74) is 0.983. The number of hydrogen-bond acceptors (Lipinski definition) is 4. The Morgan fingerprint density at radius 2 is 2.10 bits per heavy atom. The van der Waals surface area contributed by atoms with Gasteiger partial charge in [-0.3, -0.25) is 4.79 Å². The number of hydrogen-bond donors (Lipinski definition) is 1. The van der Waals surface area contributed by atoms with Crippen molar-refractivity contribution in [1.29, 1.82) is 0 Å². The monoisotopic (exact) mass is 299 g/mol. The fourth-order valence-corrected chi connectivity index (χ4v) is 2.00. The quantitative estimate of drug-likeness (QED) is 0.555. The van der Waals surface area contributed by atoms with Crippen molar-refractivity contribution in [2.45, 2.75) is 32.6 Å². The van der Waals surface area contributed by atoms with E-state index in [0.717, 1.165) is 31.5 Å². The minimum Gasteiger partial charge on any atom is -0.495 e. The van der Waals surface area contributed by atoms with Crippen LogP contribution in [-0.4, -0.2) is 26.2 Å². The minimum absolute atomic E-state index is 0.108. The Kier molecular flexibility index (Phi) is 7.88. The molecule has 0 aliphatic carbocycles. The van der Waals surface area contributed by atoms with Crippen LogP contribution in [0.25, 0.3) is 0 Å². The van der Waals surface area contributed by atoms with Gasteiger partial charge in [0.1, 0.15) is 5.75 Å². The van der Waals surface area contributed by atoms with Crippen molar-refractivity contribution >= 4 is 23.3 Å². The van der Waals surface area contributed by atoms with Gasteiger partial charge in [-0.1, -0.05) is 18.0 Å². The first-order valence-electron chi connectivity index (χ1n) is 6.90. The number of esters is 1. The second-order valence-electron chi connectivity index (χ2n) is 4.39. The van der Waals surface area contributed by atoms with E-state index in [1.807, 2.05) is 25.1 Å². The second-order valence-corrected chi connectivity index (χ2v) is 4.80. The van der Waals surface area contributed by atoms with Gasteiger partial charge in [0.15, 0.2) is 0 Å². The Hall–Kier alpha value is -1.42. The van der Waals surface area contributed by atoms with Gasteiger partial charge in [0.2, 0.25) is 0 Å². The molecule has 0 amide bonds. The Labute approximate surface area is 125 Å². The van der Waals surface area contributed by atoms with E-state index >= 15 is 0 Å². The van der Waals surface area contributed by atoms with Crippen molar-refractivity contribution in [3.8, 4) is 5.75 Å². The molecule has 4 nitrogen and oxygen atoms in total. The summed E-state index contributed by atoms with van der Waals surface area (Å²) in [5, 5.41) is 3.91. The first-order valence-corrected chi connectivity index (χ1v) is 7.28. The number of ether oxygens (including phenoxy) is 2. The lowest BCUT2D eigenvalue weighted by atomic mass is 10.2. The molecule has 0 radical (unpaired) electrons. The molecule has 0 unspecified atom stereocenters. The van der Waals surface area contributed by atoms with Crippen molar-refractivity contribution in [3.63, 3.8) is 0 Å². The van der Waals surface area contributed by atoms with E-state index in [4.69, 9.17) is 21.1 Å². The molecule has 5 heteroatoms. The van der Waals surface area contributed by atoms with E-state index in [2.05, 4.69) is 5.32 Å². The van der Waals surface area contributed by atoms with Gasteiger partial charge in [-0.2, -0.15) is 0 Å². The van der Waals surface area contributed by atoms with E-state index in [0.29, 0.717) is 23.8 Å². The second kappa shape index (κ2) is 9.48. The average Bonchev–Trinajstić information content (AvgIpc) is 2.44. The van der Waals surface area contributed by atoms with Crippen LogP contribution in [0, 0.1) is 0 Å². The number of nitrogens with one attached hydrogen (secondary N) is 1. The highest BCUT2D eigenvalue weighted by molar-refractivity contribution is 6.32. The molecule has 112 valence electrons. The SMILES string of the molecule is CCOC(=O)CCCCCNc1ccc(Cl)c(OC)c1. The zero-order valence-corrected chi connectivity index (χ0v) is 12.8. The lowest BCUT2D eigenvalue weighted by Gasteiger charge is -2.09. The molecule has 1 N–H and O–H groups in total. The number of carbonyl (C=O) groups excluding carboxylic acids is 1. The zero-order valence-electron chi connectivity index (χ0n) is 12.1. The molecule has 1 aromatic rings. The van der Waals surface area contributed by atoms with Crippen molar-refractivity contribution in [2.24, 2.45) is 0 Å². The molecule has 20 heavy (non-hydrogen) atoms. The number of benzene rings is 1. The van der Waals surface area contributed by atoms with Gasteiger partial charge in [0.25, 0.3) is 0 Å². The van der Waals surface area contributed by atoms with E-state index < -0.39 is 0 Å². The average molecular weight is 300 g/mol. The smallest absolute Gasteiger partial charge is 0.305 e.